The van der Waals surface area contributed by atoms with Crippen molar-refractivity contribution in [1.29, 1.82) is 0 Å². The van der Waals surface area contributed by atoms with Gasteiger partial charge < -0.3 is 14.9 Å². The van der Waals surface area contributed by atoms with Crippen LogP contribution in [0.1, 0.15) is 6.92 Å². The Morgan fingerprint density at radius 1 is 1.50 bits per heavy atom. The van der Waals surface area contributed by atoms with Crippen LogP contribution in [-0.2, 0) is 4.74 Å². The van der Waals surface area contributed by atoms with E-state index in [9.17, 15) is 0 Å². The molecule has 4 nitrogen and oxygen atoms in total. The molecule has 3 unspecified atom stereocenters. The van der Waals surface area contributed by atoms with E-state index in [1.165, 1.54) is 0 Å². The van der Waals surface area contributed by atoms with Gasteiger partial charge in [-0.3, -0.25) is 0 Å². The summed E-state index contributed by atoms with van der Waals surface area (Å²) in [4.78, 5) is 0. The van der Waals surface area contributed by atoms with Gasteiger partial charge in [-0.05, 0) is 6.92 Å². The minimum absolute atomic E-state index is 0.315. The highest BCUT2D eigenvalue weighted by Gasteiger charge is 2.27. The molecule has 3 atom stereocenters. The first kappa shape index (κ1) is 5.97. The van der Waals surface area contributed by atoms with E-state index >= 15 is 0 Å². The number of nitrogens with one attached hydrogen (secondary N) is 1. The van der Waals surface area contributed by atoms with Gasteiger partial charge >= 0.3 is 0 Å². The topological polar surface area (TPSA) is 61.7 Å². The van der Waals surface area contributed by atoms with Gasteiger partial charge in [0.1, 0.15) is 6.23 Å². The molecule has 1 aliphatic rings. The second kappa shape index (κ2) is 1.99. The largest absolute Gasteiger partial charge is 0.376 e. The van der Waals surface area contributed by atoms with E-state index in [-0.39, 0.29) is 6.10 Å². The van der Waals surface area contributed by atoms with Gasteiger partial charge in [0.2, 0.25) is 6.41 Å². The van der Waals surface area contributed by atoms with Gasteiger partial charge in [0.25, 0.3) is 0 Å². The number of hydrogen-bond acceptors (Lipinski definition) is 4. The molecular formula is C4H9NO3. The van der Waals surface area contributed by atoms with Crippen LogP contribution in [0.25, 0.3) is 0 Å². The maximum absolute atomic E-state index is 8.77. The summed E-state index contributed by atoms with van der Waals surface area (Å²) in [7, 11) is 0. The van der Waals surface area contributed by atoms with Crippen molar-refractivity contribution in [2.24, 2.45) is 0 Å². The maximum Gasteiger partial charge on any atom is 0.215 e. The lowest BCUT2D eigenvalue weighted by molar-refractivity contribution is -0.0968. The molecule has 1 fully saturated rings. The van der Waals surface area contributed by atoms with Gasteiger partial charge in [0.05, 0.1) is 6.10 Å². The van der Waals surface area contributed by atoms with E-state index in [0.29, 0.717) is 0 Å². The third kappa shape index (κ3) is 0.976. The number of aliphatic hydroxyl groups is 2. The third-order valence-electron chi connectivity index (χ3n) is 1.10. The summed E-state index contributed by atoms with van der Waals surface area (Å²) in [5, 5.41) is 19.7. The van der Waals surface area contributed by atoms with E-state index in [2.05, 4.69) is 10.1 Å². The zero-order valence-corrected chi connectivity index (χ0v) is 4.53. The normalized spacial score (nSPS) is 47.6. The van der Waals surface area contributed by atoms with Gasteiger partial charge in [0, 0.05) is 0 Å². The van der Waals surface area contributed by atoms with Crippen LogP contribution in [0, 0.1) is 0 Å². The molecule has 0 aliphatic carbocycles. The van der Waals surface area contributed by atoms with Crippen LogP contribution in [0.2, 0.25) is 0 Å². The zero-order valence-electron chi connectivity index (χ0n) is 4.53. The molecule has 0 bridgehead atoms. The van der Waals surface area contributed by atoms with Gasteiger partial charge in [0.15, 0.2) is 0 Å². The van der Waals surface area contributed by atoms with Crippen LogP contribution in [0.3, 0.4) is 0 Å². The van der Waals surface area contributed by atoms with Crippen LogP contribution < -0.4 is 5.32 Å². The molecule has 0 saturated carbocycles. The molecule has 8 heavy (non-hydrogen) atoms. The summed E-state index contributed by atoms with van der Waals surface area (Å²) >= 11 is 0. The van der Waals surface area contributed by atoms with E-state index in [0.717, 1.165) is 0 Å². The molecular weight excluding hydrogens is 110 g/mol. The molecule has 0 amide bonds. The maximum atomic E-state index is 8.77. The van der Waals surface area contributed by atoms with Crippen molar-refractivity contribution < 1.29 is 14.9 Å². The van der Waals surface area contributed by atoms with Crippen molar-refractivity contribution in [3.05, 3.63) is 0 Å². The van der Waals surface area contributed by atoms with Gasteiger partial charge in [-0.15, -0.1) is 0 Å². The number of aliphatic hydroxyl groups excluding tert-OH is 2. The molecule has 0 aromatic heterocycles. The monoisotopic (exact) mass is 119 g/mol. The van der Waals surface area contributed by atoms with Gasteiger partial charge in [-0.2, -0.15) is 0 Å². The second-order valence-corrected chi connectivity index (χ2v) is 1.81. The Bertz CT molecular complexity index is 77.4. The lowest BCUT2D eigenvalue weighted by Gasteiger charge is -2.02. The average Bonchev–Trinajstić information content (AvgIpc) is 1.85. The van der Waals surface area contributed by atoms with E-state index in [1.54, 1.807) is 6.92 Å². The summed E-state index contributed by atoms with van der Waals surface area (Å²) < 4.78 is 4.67. The third-order valence-corrected chi connectivity index (χ3v) is 1.10. The van der Waals surface area contributed by atoms with Crippen LogP contribution >= 0.6 is 0 Å². The second-order valence-electron chi connectivity index (χ2n) is 1.81. The summed E-state index contributed by atoms with van der Waals surface area (Å²) in [6.07, 6.45) is -2.05. The van der Waals surface area contributed by atoms with Crippen molar-refractivity contribution in [3.63, 3.8) is 0 Å². The fraction of sp³-hybridized carbons (Fsp3) is 1.00. The smallest absolute Gasteiger partial charge is 0.215 e. The Hall–Kier alpha value is -0.160. The van der Waals surface area contributed by atoms with Crippen LogP contribution in [0.4, 0.5) is 0 Å². The Labute approximate surface area is 47.1 Å². The van der Waals surface area contributed by atoms with Gasteiger partial charge in [-0.1, -0.05) is 0 Å². The quantitative estimate of drug-likeness (QED) is 0.366. The number of rotatable bonds is 0. The summed E-state index contributed by atoms with van der Waals surface area (Å²) in [6.45, 7) is 1.67. The Morgan fingerprint density at radius 2 is 2.12 bits per heavy atom. The Balaban J connectivity index is 2.39. The first-order valence-corrected chi connectivity index (χ1v) is 2.48. The molecule has 0 spiro atoms. The minimum Gasteiger partial charge on any atom is -0.376 e. The molecule has 0 aromatic carbocycles. The Kier molecular flexibility index (Phi) is 1.48. The minimum atomic E-state index is -1.000. The van der Waals surface area contributed by atoms with Crippen molar-refractivity contribution in [1.82, 2.24) is 5.32 Å². The van der Waals surface area contributed by atoms with Crippen molar-refractivity contribution in [2.45, 2.75) is 25.7 Å². The van der Waals surface area contributed by atoms with Crippen LogP contribution in [0.15, 0.2) is 0 Å². The fourth-order valence-electron chi connectivity index (χ4n) is 0.599. The highest BCUT2D eigenvalue weighted by atomic mass is 16.7. The molecule has 48 valence electrons. The molecule has 1 saturated heterocycles. The molecule has 0 aromatic rings. The lowest BCUT2D eigenvalue weighted by atomic mass is 10.4. The predicted octanol–water partition coefficient (Wildman–Crippen LogP) is -1.41. The van der Waals surface area contributed by atoms with E-state index in [4.69, 9.17) is 10.2 Å². The number of hydrogen-bond donors (Lipinski definition) is 3. The fourth-order valence-corrected chi connectivity index (χ4v) is 0.599. The molecule has 4 heteroatoms. The molecule has 3 N–H and O–H groups in total. The molecule has 1 rings (SSSR count). The van der Waals surface area contributed by atoms with Crippen molar-refractivity contribution >= 4 is 0 Å². The molecule has 1 heterocycles. The summed E-state index contributed by atoms with van der Waals surface area (Å²) in [5.41, 5.74) is 0. The van der Waals surface area contributed by atoms with Crippen molar-refractivity contribution in [3.8, 4) is 0 Å². The Morgan fingerprint density at radius 3 is 2.25 bits per heavy atom. The average molecular weight is 119 g/mol. The molecule has 0 radical (unpaired) electrons. The molecule has 1 aliphatic heterocycles. The number of ether oxygens (including phenoxy) is 1. The SMILES string of the molecule is CC1OC(O)NC1O. The standard InChI is InChI=1S/C4H9NO3/c1-2-3(6)5-4(7)8-2/h2-7H,1H3. The first-order valence-electron chi connectivity index (χ1n) is 2.48. The first-order chi connectivity index (χ1) is 3.70. The highest BCUT2D eigenvalue weighted by Crippen LogP contribution is 2.05. The van der Waals surface area contributed by atoms with Crippen LogP contribution in [-0.4, -0.2) is 29.0 Å². The van der Waals surface area contributed by atoms with E-state index < -0.39 is 12.6 Å². The van der Waals surface area contributed by atoms with E-state index in [1.807, 2.05) is 0 Å². The van der Waals surface area contributed by atoms with Gasteiger partial charge in [-0.25, -0.2) is 5.32 Å². The zero-order chi connectivity index (χ0) is 6.15. The van der Waals surface area contributed by atoms with Crippen LogP contribution in [0.5, 0.6) is 0 Å². The predicted molar refractivity (Wildman–Crippen MR) is 25.7 cm³/mol. The summed E-state index contributed by atoms with van der Waals surface area (Å²) in [5.74, 6) is 0. The highest BCUT2D eigenvalue weighted by molar-refractivity contribution is 4.67. The lowest BCUT2D eigenvalue weighted by Crippen LogP contribution is -2.31. The van der Waals surface area contributed by atoms with Crippen molar-refractivity contribution in [2.75, 3.05) is 0 Å². The summed E-state index contributed by atoms with van der Waals surface area (Å²) in [6, 6.07) is 0.